The van der Waals surface area contributed by atoms with Gasteiger partial charge in [-0.05, 0) is 32.4 Å². The van der Waals surface area contributed by atoms with Gasteiger partial charge in [-0.3, -0.25) is 4.79 Å². The summed E-state index contributed by atoms with van der Waals surface area (Å²) >= 11 is 0. The molecule has 0 atom stereocenters. The molecule has 1 aromatic carbocycles. The lowest BCUT2D eigenvalue weighted by molar-refractivity contribution is -0.122. The molecule has 0 heterocycles. The average Bonchev–Trinajstić information content (AvgIpc) is 2.42. The minimum atomic E-state index is -3.63. The maximum atomic E-state index is 12.3. The number of likely N-dealkylation sites (N-methyl/N-ethyl adjacent to an activating group) is 1. The zero-order chi connectivity index (χ0) is 16.8. The SMILES string of the molecule is CCN(CC(=O)NC(C)(C)C)S(=O)(=O)/C=C/c1ccccc1. The molecule has 0 spiro atoms. The van der Waals surface area contributed by atoms with Crippen LogP contribution in [0.4, 0.5) is 0 Å². The molecule has 22 heavy (non-hydrogen) atoms. The average molecular weight is 324 g/mol. The van der Waals surface area contributed by atoms with Crippen LogP contribution in [0.25, 0.3) is 6.08 Å². The molecule has 0 saturated heterocycles. The van der Waals surface area contributed by atoms with Crippen molar-refractivity contribution in [2.75, 3.05) is 13.1 Å². The molecule has 1 amide bonds. The Bertz CT molecular complexity index is 617. The van der Waals surface area contributed by atoms with Crippen molar-refractivity contribution in [2.45, 2.75) is 33.2 Å². The van der Waals surface area contributed by atoms with Crippen LogP contribution in [-0.2, 0) is 14.8 Å². The summed E-state index contributed by atoms with van der Waals surface area (Å²) in [6.45, 7) is 7.31. The van der Waals surface area contributed by atoms with E-state index < -0.39 is 10.0 Å². The highest BCUT2D eigenvalue weighted by Gasteiger charge is 2.22. The first-order valence-corrected chi connectivity index (χ1v) is 8.68. The lowest BCUT2D eigenvalue weighted by atomic mass is 10.1. The Balaban J connectivity index is 2.80. The number of carbonyl (C=O) groups is 1. The van der Waals surface area contributed by atoms with Crippen LogP contribution in [0, 0.1) is 0 Å². The third kappa shape index (κ3) is 6.41. The van der Waals surface area contributed by atoms with E-state index in [0.29, 0.717) is 0 Å². The predicted octanol–water partition coefficient (Wildman–Crippen LogP) is 2.22. The van der Waals surface area contributed by atoms with Crippen LogP contribution >= 0.6 is 0 Å². The number of sulfonamides is 1. The van der Waals surface area contributed by atoms with E-state index in [2.05, 4.69) is 5.32 Å². The number of nitrogens with zero attached hydrogens (tertiary/aromatic N) is 1. The fraction of sp³-hybridized carbons (Fsp3) is 0.438. The van der Waals surface area contributed by atoms with Crippen LogP contribution in [0.3, 0.4) is 0 Å². The Kier molecular flexibility index (Phi) is 6.32. The lowest BCUT2D eigenvalue weighted by Gasteiger charge is -2.23. The first-order chi connectivity index (χ1) is 10.1. The normalized spacial score (nSPS) is 12.8. The molecule has 122 valence electrons. The number of amides is 1. The fourth-order valence-electron chi connectivity index (χ4n) is 1.81. The minimum absolute atomic E-state index is 0.185. The van der Waals surface area contributed by atoms with Gasteiger partial charge in [0.15, 0.2) is 0 Å². The summed E-state index contributed by atoms with van der Waals surface area (Å²) in [6.07, 6.45) is 1.53. The van der Waals surface area contributed by atoms with E-state index in [9.17, 15) is 13.2 Å². The summed E-state index contributed by atoms with van der Waals surface area (Å²) in [5, 5.41) is 3.90. The van der Waals surface area contributed by atoms with Gasteiger partial charge >= 0.3 is 0 Å². The van der Waals surface area contributed by atoms with Gasteiger partial charge in [0, 0.05) is 17.5 Å². The Morgan fingerprint density at radius 1 is 1.23 bits per heavy atom. The second-order valence-electron chi connectivity index (χ2n) is 5.98. The molecule has 1 aromatic rings. The van der Waals surface area contributed by atoms with Gasteiger partial charge in [-0.15, -0.1) is 0 Å². The summed E-state index contributed by atoms with van der Waals surface area (Å²) in [4.78, 5) is 11.9. The van der Waals surface area contributed by atoms with Crippen molar-refractivity contribution in [3.63, 3.8) is 0 Å². The molecule has 0 bridgehead atoms. The highest BCUT2D eigenvalue weighted by Crippen LogP contribution is 2.08. The first kappa shape index (κ1) is 18.4. The number of rotatable bonds is 6. The third-order valence-corrected chi connectivity index (χ3v) is 4.37. The Morgan fingerprint density at radius 2 is 1.82 bits per heavy atom. The third-order valence-electron chi connectivity index (χ3n) is 2.78. The number of benzene rings is 1. The molecule has 0 fully saturated rings. The zero-order valence-electron chi connectivity index (χ0n) is 13.5. The van der Waals surface area contributed by atoms with Crippen LogP contribution in [0.15, 0.2) is 35.7 Å². The molecule has 1 N–H and O–H groups in total. The van der Waals surface area contributed by atoms with Gasteiger partial charge in [0.25, 0.3) is 0 Å². The first-order valence-electron chi connectivity index (χ1n) is 7.18. The summed E-state index contributed by atoms with van der Waals surface area (Å²) in [5.74, 6) is -0.314. The van der Waals surface area contributed by atoms with Crippen molar-refractivity contribution >= 4 is 22.0 Å². The number of hydrogen-bond donors (Lipinski definition) is 1. The lowest BCUT2D eigenvalue weighted by Crippen LogP contribution is -2.46. The van der Waals surface area contributed by atoms with Crippen molar-refractivity contribution in [1.82, 2.24) is 9.62 Å². The molecule has 0 aromatic heterocycles. The largest absolute Gasteiger partial charge is 0.350 e. The molecule has 1 rings (SSSR count). The van der Waals surface area contributed by atoms with Crippen LogP contribution in [0.5, 0.6) is 0 Å². The van der Waals surface area contributed by atoms with Crippen LogP contribution in [-0.4, -0.2) is 37.3 Å². The van der Waals surface area contributed by atoms with Crippen LogP contribution < -0.4 is 5.32 Å². The van der Waals surface area contributed by atoms with Crippen molar-refractivity contribution in [3.8, 4) is 0 Å². The summed E-state index contributed by atoms with van der Waals surface area (Å²) in [5.41, 5.74) is 0.404. The van der Waals surface area contributed by atoms with Gasteiger partial charge in [0.1, 0.15) is 0 Å². The predicted molar refractivity (Wildman–Crippen MR) is 89.5 cm³/mol. The summed E-state index contributed by atoms with van der Waals surface area (Å²) < 4.78 is 25.7. The van der Waals surface area contributed by atoms with E-state index in [1.807, 2.05) is 51.1 Å². The molecule has 5 nitrogen and oxygen atoms in total. The highest BCUT2D eigenvalue weighted by molar-refractivity contribution is 7.92. The van der Waals surface area contributed by atoms with E-state index in [-0.39, 0.29) is 24.5 Å². The smallest absolute Gasteiger partial charge is 0.236 e. The Morgan fingerprint density at radius 3 is 2.32 bits per heavy atom. The molecular formula is C16H24N2O3S. The monoisotopic (exact) mass is 324 g/mol. The zero-order valence-corrected chi connectivity index (χ0v) is 14.4. The van der Waals surface area contributed by atoms with Crippen LogP contribution in [0.1, 0.15) is 33.3 Å². The minimum Gasteiger partial charge on any atom is -0.350 e. The molecule has 0 radical (unpaired) electrons. The standard InChI is InChI=1S/C16H24N2O3S/c1-5-18(13-15(19)17-16(2,3)4)22(20,21)12-11-14-9-7-6-8-10-14/h6-12H,5,13H2,1-4H3,(H,17,19)/b12-11+. The van der Waals surface area contributed by atoms with E-state index >= 15 is 0 Å². The highest BCUT2D eigenvalue weighted by atomic mass is 32.2. The van der Waals surface area contributed by atoms with Gasteiger partial charge in [0.2, 0.25) is 15.9 Å². The second-order valence-corrected chi connectivity index (χ2v) is 7.80. The summed E-state index contributed by atoms with van der Waals surface area (Å²) in [7, 11) is -3.63. The topological polar surface area (TPSA) is 66.5 Å². The van der Waals surface area contributed by atoms with E-state index in [1.165, 1.54) is 6.08 Å². The van der Waals surface area contributed by atoms with Crippen molar-refractivity contribution in [3.05, 3.63) is 41.3 Å². The molecule has 0 aliphatic heterocycles. The van der Waals surface area contributed by atoms with Crippen molar-refractivity contribution < 1.29 is 13.2 Å². The van der Waals surface area contributed by atoms with Gasteiger partial charge in [-0.2, -0.15) is 4.31 Å². The van der Waals surface area contributed by atoms with Crippen molar-refractivity contribution in [1.29, 1.82) is 0 Å². The number of carbonyl (C=O) groups excluding carboxylic acids is 1. The van der Waals surface area contributed by atoms with Gasteiger partial charge < -0.3 is 5.32 Å². The molecular weight excluding hydrogens is 300 g/mol. The maximum absolute atomic E-state index is 12.3. The molecule has 6 heteroatoms. The second kappa shape index (κ2) is 7.56. The van der Waals surface area contributed by atoms with E-state index in [4.69, 9.17) is 0 Å². The van der Waals surface area contributed by atoms with Gasteiger partial charge in [-0.1, -0.05) is 37.3 Å². The van der Waals surface area contributed by atoms with E-state index in [1.54, 1.807) is 6.92 Å². The van der Waals surface area contributed by atoms with Gasteiger partial charge in [-0.25, -0.2) is 8.42 Å². The maximum Gasteiger partial charge on any atom is 0.236 e. The van der Waals surface area contributed by atoms with Gasteiger partial charge in [0.05, 0.1) is 6.54 Å². The Hall–Kier alpha value is -1.66. The van der Waals surface area contributed by atoms with Crippen molar-refractivity contribution in [2.24, 2.45) is 0 Å². The molecule has 0 aliphatic rings. The quantitative estimate of drug-likeness (QED) is 0.872. The molecule has 0 saturated carbocycles. The Labute approximate surface area is 133 Å². The number of nitrogens with one attached hydrogen (secondary N) is 1. The number of hydrogen-bond acceptors (Lipinski definition) is 3. The van der Waals surface area contributed by atoms with E-state index in [0.717, 1.165) is 15.3 Å². The van der Waals surface area contributed by atoms with Crippen LogP contribution in [0.2, 0.25) is 0 Å². The molecule has 0 aliphatic carbocycles. The summed E-state index contributed by atoms with van der Waals surface area (Å²) in [6, 6.07) is 9.16. The fourth-order valence-corrected chi connectivity index (χ4v) is 2.97. The molecule has 0 unspecified atom stereocenters.